The third-order valence-corrected chi connectivity index (χ3v) is 5.54. The second-order valence-electron chi connectivity index (χ2n) is 7.62. The van der Waals surface area contributed by atoms with E-state index in [0.717, 1.165) is 16.7 Å². The molecule has 0 aliphatic rings. The van der Waals surface area contributed by atoms with Crippen LogP contribution in [0.2, 0.25) is 5.02 Å². The number of aliphatic carboxylic acids is 1. The van der Waals surface area contributed by atoms with Gasteiger partial charge in [-0.05, 0) is 73.0 Å². The normalized spacial score (nSPS) is 11.4. The van der Waals surface area contributed by atoms with Gasteiger partial charge in [0.05, 0.1) is 0 Å². The zero-order valence-electron chi connectivity index (χ0n) is 18.4. The lowest BCUT2D eigenvalue weighted by Crippen LogP contribution is -2.40. The first-order chi connectivity index (χ1) is 15.7. The fourth-order valence-electron chi connectivity index (χ4n) is 3.15. The molecule has 0 aliphatic carbocycles. The molecule has 3 amide bonds. The molecule has 170 valence electrons. The molecule has 33 heavy (non-hydrogen) atoms. The molecule has 0 radical (unpaired) electrons. The molecular formula is C25H24ClN3O4. The third kappa shape index (κ3) is 5.90. The molecule has 0 saturated heterocycles. The topological polar surface area (TPSA) is 98.7 Å². The number of carboxylic acid groups (broad SMARTS) is 1. The number of amides is 3. The van der Waals surface area contributed by atoms with Crippen LogP contribution in [-0.4, -0.2) is 41.0 Å². The van der Waals surface area contributed by atoms with Gasteiger partial charge in [0.1, 0.15) is 6.04 Å². The molecule has 7 nitrogen and oxygen atoms in total. The fraction of sp³-hybridized carbons (Fsp3) is 0.160. The summed E-state index contributed by atoms with van der Waals surface area (Å²) in [4.78, 5) is 37.0. The molecule has 1 atom stereocenters. The minimum Gasteiger partial charge on any atom is -0.480 e. The Morgan fingerprint density at radius 2 is 1.48 bits per heavy atom. The first-order valence-corrected chi connectivity index (χ1v) is 10.6. The van der Waals surface area contributed by atoms with Gasteiger partial charge in [-0.25, -0.2) is 9.59 Å². The number of carboxylic acids is 1. The Morgan fingerprint density at radius 1 is 0.909 bits per heavy atom. The summed E-state index contributed by atoms with van der Waals surface area (Å²) in [7, 11) is 1.46. The molecule has 3 N–H and O–H groups in total. The van der Waals surface area contributed by atoms with Gasteiger partial charge < -0.3 is 20.6 Å². The van der Waals surface area contributed by atoms with E-state index in [1.807, 2.05) is 19.1 Å². The van der Waals surface area contributed by atoms with E-state index in [9.17, 15) is 14.4 Å². The maximum atomic E-state index is 12.5. The minimum absolute atomic E-state index is 0.363. The zero-order chi connectivity index (χ0) is 24.1. The van der Waals surface area contributed by atoms with Gasteiger partial charge >= 0.3 is 12.0 Å². The predicted molar refractivity (Wildman–Crippen MR) is 130 cm³/mol. The van der Waals surface area contributed by atoms with Crippen LogP contribution in [0.15, 0.2) is 66.7 Å². The monoisotopic (exact) mass is 465 g/mol. The van der Waals surface area contributed by atoms with Crippen molar-refractivity contribution in [3.8, 4) is 11.1 Å². The van der Waals surface area contributed by atoms with Crippen LogP contribution in [0.25, 0.3) is 11.1 Å². The molecule has 3 aromatic rings. The summed E-state index contributed by atoms with van der Waals surface area (Å²) < 4.78 is 0. The highest BCUT2D eigenvalue weighted by molar-refractivity contribution is 6.30. The number of halogens is 1. The summed E-state index contributed by atoms with van der Waals surface area (Å²) in [5.41, 5.74) is 4.35. The van der Waals surface area contributed by atoms with E-state index in [0.29, 0.717) is 22.0 Å². The Morgan fingerprint density at radius 3 is 2.03 bits per heavy atom. The number of aryl methyl sites for hydroxylation is 1. The van der Waals surface area contributed by atoms with Crippen molar-refractivity contribution in [2.75, 3.05) is 17.7 Å². The Bertz CT molecular complexity index is 1180. The maximum Gasteiger partial charge on any atom is 0.326 e. The smallest absolute Gasteiger partial charge is 0.326 e. The molecule has 0 saturated carbocycles. The fourth-order valence-corrected chi connectivity index (χ4v) is 3.38. The van der Waals surface area contributed by atoms with E-state index in [2.05, 4.69) is 10.6 Å². The van der Waals surface area contributed by atoms with Crippen molar-refractivity contribution in [2.45, 2.75) is 19.9 Å². The molecule has 0 aromatic heterocycles. The molecule has 0 heterocycles. The van der Waals surface area contributed by atoms with Crippen LogP contribution in [0.5, 0.6) is 0 Å². The van der Waals surface area contributed by atoms with Gasteiger partial charge in [0.2, 0.25) is 0 Å². The van der Waals surface area contributed by atoms with E-state index < -0.39 is 12.0 Å². The number of hydrogen-bond acceptors (Lipinski definition) is 3. The zero-order valence-corrected chi connectivity index (χ0v) is 19.2. The van der Waals surface area contributed by atoms with Gasteiger partial charge in [-0.15, -0.1) is 0 Å². The summed E-state index contributed by atoms with van der Waals surface area (Å²) in [5.74, 6) is -1.42. The summed E-state index contributed by atoms with van der Waals surface area (Å²) in [6.07, 6.45) is 0. The summed E-state index contributed by atoms with van der Waals surface area (Å²) in [5, 5.41) is 15.3. The van der Waals surface area contributed by atoms with Crippen LogP contribution >= 0.6 is 11.6 Å². The second-order valence-corrected chi connectivity index (χ2v) is 8.06. The van der Waals surface area contributed by atoms with Crippen molar-refractivity contribution in [1.82, 2.24) is 4.90 Å². The maximum absolute atomic E-state index is 12.5. The van der Waals surface area contributed by atoms with Crippen molar-refractivity contribution in [3.05, 3.63) is 82.9 Å². The highest BCUT2D eigenvalue weighted by Gasteiger charge is 2.22. The Labute approximate surface area is 197 Å². The van der Waals surface area contributed by atoms with Crippen molar-refractivity contribution >= 4 is 40.9 Å². The van der Waals surface area contributed by atoms with E-state index in [1.165, 1.54) is 18.9 Å². The Balaban J connectivity index is 1.64. The number of carbonyl (C=O) groups is 3. The van der Waals surface area contributed by atoms with E-state index in [4.69, 9.17) is 16.7 Å². The average molecular weight is 466 g/mol. The Kier molecular flexibility index (Phi) is 7.35. The molecule has 0 bridgehead atoms. The van der Waals surface area contributed by atoms with Crippen LogP contribution < -0.4 is 10.6 Å². The van der Waals surface area contributed by atoms with Gasteiger partial charge in [0, 0.05) is 29.0 Å². The lowest BCUT2D eigenvalue weighted by atomic mass is 10.0. The number of anilines is 2. The van der Waals surface area contributed by atoms with E-state index in [1.54, 1.807) is 54.6 Å². The van der Waals surface area contributed by atoms with Crippen molar-refractivity contribution in [2.24, 2.45) is 0 Å². The molecule has 3 rings (SSSR count). The van der Waals surface area contributed by atoms with Crippen molar-refractivity contribution in [3.63, 3.8) is 0 Å². The number of rotatable bonds is 6. The minimum atomic E-state index is -1.06. The van der Waals surface area contributed by atoms with Gasteiger partial charge in [0.25, 0.3) is 5.91 Å². The number of benzene rings is 3. The molecule has 3 aromatic carbocycles. The van der Waals surface area contributed by atoms with Gasteiger partial charge in [0.15, 0.2) is 0 Å². The number of nitrogens with zero attached hydrogens (tertiary/aromatic N) is 1. The van der Waals surface area contributed by atoms with Crippen LogP contribution in [-0.2, 0) is 4.79 Å². The molecule has 0 fully saturated rings. The number of likely N-dealkylation sites (N-methyl/N-ethyl adjacent to an activating group) is 1. The average Bonchev–Trinajstić information content (AvgIpc) is 2.80. The highest BCUT2D eigenvalue weighted by Crippen LogP contribution is 2.23. The lowest BCUT2D eigenvalue weighted by Gasteiger charge is -2.21. The first-order valence-electron chi connectivity index (χ1n) is 10.2. The summed E-state index contributed by atoms with van der Waals surface area (Å²) in [6.45, 7) is 3.32. The van der Waals surface area contributed by atoms with Crippen LogP contribution in [0.1, 0.15) is 22.8 Å². The van der Waals surface area contributed by atoms with E-state index >= 15 is 0 Å². The predicted octanol–water partition coefficient (Wildman–Crippen LogP) is 5.50. The molecular weight excluding hydrogens is 442 g/mol. The van der Waals surface area contributed by atoms with E-state index in [-0.39, 0.29) is 11.9 Å². The molecule has 0 unspecified atom stereocenters. The van der Waals surface area contributed by atoms with Gasteiger partial charge in [-0.1, -0.05) is 35.9 Å². The van der Waals surface area contributed by atoms with Crippen molar-refractivity contribution < 1.29 is 19.5 Å². The highest BCUT2D eigenvalue weighted by atomic mass is 35.5. The second kappa shape index (κ2) is 10.2. The lowest BCUT2D eigenvalue weighted by molar-refractivity contribution is -0.141. The number of hydrogen-bond donors (Lipinski definition) is 3. The number of nitrogens with one attached hydrogen (secondary N) is 2. The summed E-state index contributed by atoms with van der Waals surface area (Å²) in [6, 6.07) is 18.2. The van der Waals surface area contributed by atoms with Crippen LogP contribution in [0.3, 0.4) is 0 Å². The summed E-state index contributed by atoms with van der Waals surface area (Å²) >= 11 is 5.94. The number of urea groups is 1. The number of carbonyl (C=O) groups excluding carboxylic acids is 2. The third-order valence-electron chi connectivity index (χ3n) is 5.30. The molecule has 0 aliphatic heterocycles. The van der Waals surface area contributed by atoms with Gasteiger partial charge in [-0.3, -0.25) is 4.79 Å². The SMILES string of the molecule is Cc1cc(Cl)ccc1NC(=O)Nc1ccc(-c2ccc(C(=O)N(C)[C@@H](C)C(=O)O)cc2)cc1. The largest absolute Gasteiger partial charge is 0.480 e. The Hall–Kier alpha value is -3.84. The molecule has 8 heteroatoms. The van der Waals surface area contributed by atoms with Gasteiger partial charge in [-0.2, -0.15) is 0 Å². The first kappa shape index (κ1) is 23.8. The van der Waals surface area contributed by atoms with Crippen molar-refractivity contribution in [1.29, 1.82) is 0 Å². The quantitative estimate of drug-likeness (QED) is 0.447. The molecule has 0 spiro atoms. The van der Waals surface area contributed by atoms with Crippen LogP contribution in [0.4, 0.5) is 16.2 Å². The standard InChI is InChI=1S/C25H24ClN3O4/c1-15-14-20(26)10-13-22(15)28-25(33)27-21-11-8-18(9-12-21)17-4-6-19(7-5-17)23(30)29(3)16(2)24(31)32/h4-14,16H,1-3H3,(H,31,32)(H2,27,28,33)/t16-/m0/s1. The van der Waals surface area contributed by atoms with Crippen LogP contribution in [0, 0.1) is 6.92 Å².